The molecule has 0 aliphatic heterocycles. The summed E-state index contributed by atoms with van der Waals surface area (Å²) in [6.07, 6.45) is 0.248. The molecule has 0 aliphatic rings. The van der Waals surface area contributed by atoms with E-state index in [9.17, 15) is 9.18 Å². The zero-order valence-corrected chi connectivity index (χ0v) is 18.1. The third-order valence-electron chi connectivity index (χ3n) is 4.17. The first-order valence-electron chi connectivity index (χ1n) is 9.24. The highest BCUT2D eigenvalue weighted by atomic mass is 32.2. The number of hydrogen-bond donors (Lipinski definition) is 1. The molecule has 1 heterocycles. The van der Waals surface area contributed by atoms with E-state index in [1.807, 2.05) is 38.1 Å². The van der Waals surface area contributed by atoms with Crippen LogP contribution in [-0.2, 0) is 4.79 Å². The molecule has 0 saturated carbocycles. The zero-order valence-electron chi connectivity index (χ0n) is 16.5. The minimum atomic E-state index is -0.417. The number of carbonyl (C=O) groups excluding carboxylic acids is 1. The summed E-state index contributed by atoms with van der Waals surface area (Å²) >= 11 is 2.59. The fraction of sp³-hybridized carbons (Fsp3) is 0.238. The average molecular weight is 442 g/mol. The highest BCUT2D eigenvalue weighted by Crippen LogP contribution is 2.32. The molecule has 3 aromatic rings. The van der Waals surface area contributed by atoms with Crippen LogP contribution < -0.4 is 10.2 Å². The van der Waals surface area contributed by atoms with Crippen molar-refractivity contribution < 1.29 is 9.18 Å². The lowest BCUT2D eigenvalue weighted by atomic mass is 10.2. The number of nitrogens with one attached hydrogen (secondary N) is 1. The Hall–Kier alpha value is -2.96. The van der Waals surface area contributed by atoms with Crippen LogP contribution in [0.1, 0.15) is 18.9 Å². The highest BCUT2D eigenvalue weighted by Gasteiger charge is 2.24. The van der Waals surface area contributed by atoms with Crippen molar-refractivity contribution in [2.75, 3.05) is 16.8 Å². The van der Waals surface area contributed by atoms with Crippen LogP contribution in [0.15, 0.2) is 52.9 Å². The second-order valence-electron chi connectivity index (χ2n) is 6.50. The minimum Gasteiger partial charge on any atom is -0.330 e. The number of carbonyl (C=O) groups is 1. The van der Waals surface area contributed by atoms with Crippen molar-refractivity contribution in [2.45, 2.75) is 29.9 Å². The van der Waals surface area contributed by atoms with Gasteiger partial charge in [-0.25, -0.2) is 4.39 Å². The summed E-state index contributed by atoms with van der Waals surface area (Å²) < 4.78 is 13.9. The fourth-order valence-corrected chi connectivity index (χ4v) is 4.65. The van der Waals surface area contributed by atoms with Crippen LogP contribution in [0, 0.1) is 24.1 Å². The molecule has 1 atom stereocenters. The average Bonchev–Trinajstić information content (AvgIpc) is 3.16. The lowest BCUT2D eigenvalue weighted by Gasteiger charge is -2.24. The van der Waals surface area contributed by atoms with E-state index in [0.717, 1.165) is 11.3 Å². The van der Waals surface area contributed by atoms with E-state index in [4.69, 9.17) is 5.26 Å². The number of nitriles is 1. The number of halogens is 1. The molecule has 3 rings (SSSR count). The van der Waals surface area contributed by atoms with Gasteiger partial charge in [0.15, 0.2) is 4.34 Å². The van der Waals surface area contributed by atoms with Gasteiger partial charge in [0.2, 0.25) is 11.0 Å². The van der Waals surface area contributed by atoms with Gasteiger partial charge in [-0.05, 0) is 44.2 Å². The molecular formula is C21H20FN5OS2. The van der Waals surface area contributed by atoms with Gasteiger partial charge in [-0.3, -0.25) is 4.79 Å². The molecule has 0 radical (unpaired) electrons. The zero-order chi connectivity index (χ0) is 21.5. The van der Waals surface area contributed by atoms with E-state index in [-0.39, 0.29) is 18.1 Å². The van der Waals surface area contributed by atoms with E-state index in [1.165, 1.54) is 35.2 Å². The van der Waals surface area contributed by atoms with Crippen molar-refractivity contribution in [2.24, 2.45) is 0 Å². The summed E-state index contributed by atoms with van der Waals surface area (Å²) in [6.45, 7) is 4.11. The highest BCUT2D eigenvalue weighted by molar-refractivity contribution is 8.02. The summed E-state index contributed by atoms with van der Waals surface area (Å²) in [5.41, 5.74) is 2.44. The Morgan fingerprint density at radius 3 is 2.77 bits per heavy atom. The van der Waals surface area contributed by atoms with Gasteiger partial charge >= 0.3 is 0 Å². The Labute approximate surface area is 182 Å². The van der Waals surface area contributed by atoms with Gasteiger partial charge in [-0.1, -0.05) is 46.9 Å². The Kier molecular flexibility index (Phi) is 7.38. The molecule has 1 unspecified atom stereocenters. The van der Waals surface area contributed by atoms with E-state index >= 15 is 0 Å². The Balaban J connectivity index is 1.68. The number of anilines is 3. The Morgan fingerprint density at radius 2 is 2.07 bits per heavy atom. The molecule has 0 spiro atoms. The monoisotopic (exact) mass is 441 g/mol. The lowest BCUT2D eigenvalue weighted by molar-refractivity contribution is -0.117. The molecule has 2 aromatic carbocycles. The van der Waals surface area contributed by atoms with E-state index in [0.29, 0.717) is 21.7 Å². The number of amides is 1. The summed E-state index contributed by atoms with van der Waals surface area (Å²) in [5.74, 6) is -0.444. The predicted octanol–water partition coefficient (Wildman–Crippen LogP) is 5.16. The van der Waals surface area contributed by atoms with Gasteiger partial charge in [0.05, 0.1) is 17.7 Å². The van der Waals surface area contributed by atoms with Gasteiger partial charge in [-0.15, -0.1) is 10.2 Å². The van der Waals surface area contributed by atoms with Crippen LogP contribution in [0.25, 0.3) is 0 Å². The van der Waals surface area contributed by atoms with E-state index < -0.39 is 5.25 Å². The summed E-state index contributed by atoms with van der Waals surface area (Å²) in [5, 5.41) is 20.2. The van der Waals surface area contributed by atoms with Crippen LogP contribution >= 0.6 is 23.1 Å². The first-order chi connectivity index (χ1) is 14.5. The Morgan fingerprint density at radius 1 is 1.30 bits per heavy atom. The molecule has 6 nitrogen and oxygen atoms in total. The first kappa shape index (κ1) is 21.7. The predicted molar refractivity (Wildman–Crippen MR) is 119 cm³/mol. The molecule has 1 amide bonds. The second kappa shape index (κ2) is 10.2. The number of benzene rings is 2. The molecular weight excluding hydrogens is 421 g/mol. The van der Waals surface area contributed by atoms with Crippen LogP contribution in [-0.4, -0.2) is 27.9 Å². The quantitative estimate of drug-likeness (QED) is 0.487. The number of hydrogen-bond acceptors (Lipinski definition) is 7. The normalized spacial score (nSPS) is 11.5. The van der Waals surface area contributed by atoms with Crippen LogP contribution in [0.4, 0.5) is 20.9 Å². The molecule has 30 heavy (non-hydrogen) atoms. The molecule has 0 aliphatic carbocycles. The van der Waals surface area contributed by atoms with Crippen molar-refractivity contribution in [3.05, 3.63) is 59.9 Å². The molecule has 0 saturated heterocycles. The molecule has 0 fully saturated rings. The van der Waals surface area contributed by atoms with Gasteiger partial charge in [0, 0.05) is 17.9 Å². The largest absolute Gasteiger partial charge is 0.330 e. The van der Waals surface area contributed by atoms with Gasteiger partial charge < -0.3 is 10.2 Å². The first-order valence-corrected chi connectivity index (χ1v) is 10.9. The van der Waals surface area contributed by atoms with Crippen LogP contribution in [0.2, 0.25) is 0 Å². The SMILES string of the molecule is Cc1ccc(N(CCC#N)C(=O)C(C)Sc2nnc(Nc3cccc(F)c3)s2)cc1. The molecule has 9 heteroatoms. The molecule has 154 valence electrons. The fourth-order valence-electron chi connectivity index (χ4n) is 2.67. The minimum absolute atomic E-state index is 0.103. The van der Waals surface area contributed by atoms with Crippen molar-refractivity contribution in [3.63, 3.8) is 0 Å². The van der Waals surface area contributed by atoms with Gasteiger partial charge in [-0.2, -0.15) is 5.26 Å². The molecule has 0 bridgehead atoms. The number of thioether (sulfide) groups is 1. The third kappa shape index (κ3) is 5.78. The van der Waals surface area contributed by atoms with E-state index in [2.05, 4.69) is 21.6 Å². The van der Waals surface area contributed by atoms with Crippen molar-refractivity contribution in [1.29, 1.82) is 5.26 Å². The van der Waals surface area contributed by atoms with Crippen molar-refractivity contribution >= 4 is 45.5 Å². The number of aromatic nitrogens is 2. The summed E-state index contributed by atoms with van der Waals surface area (Å²) in [7, 11) is 0. The topological polar surface area (TPSA) is 81.9 Å². The van der Waals surface area contributed by atoms with Crippen LogP contribution in [0.5, 0.6) is 0 Å². The smallest absolute Gasteiger partial charge is 0.240 e. The maximum Gasteiger partial charge on any atom is 0.240 e. The number of rotatable bonds is 8. The van der Waals surface area contributed by atoms with Crippen LogP contribution in [0.3, 0.4) is 0 Å². The Bertz CT molecular complexity index is 1050. The molecule has 1 N–H and O–H groups in total. The van der Waals surface area contributed by atoms with Gasteiger partial charge in [0.25, 0.3) is 0 Å². The van der Waals surface area contributed by atoms with Crippen molar-refractivity contribution in [3.8, 4) is 6.07 Å². The summed E-state index contributed by atoms with van der Waals surface area (Å²) in [6, 6.07) is 15.8. The van der Waals surface area contributed by atoms with Gasteiger partial charge in [0.1, 0.15) is 5.82 Å². The maximum absolute atomic E-state index is 13.3. The molecule has 1 aromatic heterocycles. The lowest BCUT2D eigenvalue weighted by Crippen LogP contribution is -2.37. The van der Waals surface area contributed by atoms with Crippen molar-refractivity contribution in [1.82, 2.24) is 10.2 Å². The second-order valence-corrected chi connectivity index (χ2v) is 9.07. The third-order valence-corrected chi connectivity index (χ3v) is 6.18. The number of aryl methyl sites for hydroxylation is 1. The summed E-state index contributed by atoms with van der Waals surface area (Å²) in [4.78, 5) is 14.7. The van der Waals surface area contributed by atoms with E-state index in [1.54, 1.807) is 17.0 Å². The maximum atomic E-state index is 13.3. The standard InChI is InChI=1S/C21H20FN5OS2/c1-14-7-9-18(10-8-14)27(12-4-11-23)19(28)15(2)29-21-26-25-20(30-21)24-17-6-3-5-16(22)13-17/h3,5-10,13,15H,4,12H2,1-2H3,(H,24,25). The number of nitrogens with zero attached hydrogens (tertiary/aromatic N) is 4.